The second kappa shape index (κ2) is 10.6. The molecule has 178 valence electrons. The summed E-state index contributed by atoms with van der Waals surface area (Å²) in [5.74, 6) is -3.40. The van der Waals surface area contributed by atoms with E-state index in [0.717, 1.165) is 6.08 Å². The number of rotatable bonds is 13. The highest BCUT2D eigenvalue weighted by atomic mass is 28.5. The molecule has 12 heteroatoms. The van der Waals surface area contributed by atoms with Crippen molar-refractivity contribution < 1.29 is 37.2 Å². The Kier molecular flexibility index (Phi) is 10.6. The van der Waals surface area contributed by atoms with Gasteiger partial charge in [-0.15, -0.1) is 0 Å². The maximum absolute atomic E-state index is 12.1. The van der Waals surface area contributed by atoms with Crippen LogP contribution >= 0.6 is 0 Å². The number of hydrogen-bond donors (Lipinski definition) is 3. The lowest BCUT2D eigenvalue weighted by molar-refractivity contribution is -0.256. The molecule has 0 spiro atoms. The van der Waals surface area contributed by atoms with Crippen molar-refractivity contribution in [3.63, 3.8) is 0 Å². The van der Waals surface area contributed by atoms with E-state index in [9.17, 15) is 20.1 Å². The van der Waals surface area contributed by atoms with Crippen LogP contribution in [0.25, 0.3) is 0 Å². The van der Waals surface area contributed by atoms with Crippen LogP contribution in [0.5, 0.6) is 0 Å². The third kappa shape index (κ3) is 9.14. The predicted octanol–water partition coefficient (Wildman–Crippen LogP) is 3.03. The summed E-state index contributed by atoms with van der Waals surface area (Å²) in [5, 5.41) is 31.7. The molecular formula is C18H42O8Si4. The van der Waals surface area contributed by atoms with Crippen LogP contribution < -0.4 is 0 Å². The van der Waals surface area contributed by atoms with Crippen molar-refractivity contribution in [1.82, 2.24) is 0 Å². The molecule has 0 bridgehead atoms. The van der Waals surface area contributed by atoms with Crippen molar-refractivity contribution in [1.29, 1.82) is 0 Å². The third-order valence-corrected chi connectivity index (χ3v) is 16.2. The molecule has 0 radical (unpaired) electrons. The molecule has 8 nitrogen and oxygen atoms in total. The second-order valence-corrected chi connectivity index (χ2v) is 27.3. The van der Waals surface area contributed by atoms with Crippen molar-refractivity contribution in [3.8, 4) is 0 Å². The number of aliphatic hydroxyl groups is 3. The van der Waals surface area contributed by atoms with Crippen molar-refractivity contribution in [3.05, 3.63) is 12.7 Å². The minimum absolute atomic E-state index is 0.226. The molecule has 0 heterocycles. The summed E-state index contributed by atoms with van der Waals surface area (Å²) in [7, 11) is -10.7. The van der Waals surface area contributed by atoms with E-state index in [1.165, 1.54) is 0 Å². The van der Waals surface area contributed by atoms with Crippen LogP contribution in [0.4, 0.5) is 0 Å². The van der Waals surface area contributed by atoms with Crippen molar-refractivity contribution in [2.24, 2.45) is 0 Å². The van der Waals surface area contributed by atoms with Crippen molar-refractivity contribution >= 4 is 39.7 Å². The quantitative estimate of drug-likeness (QED) is 0.154. The molecular weight excluding hydrogens is 457 g/mol. The number of esters is 1. The average Bonchev–Trinajstić information content (AvgIpc) is 2.48. The smallest absolute Gasteiger partial charge is 0.427 e. The zero-order valence-electron chi connectivity index (χ0n) is 20.2. The molecule has 0 aliphatic rings. The van der Waals surface area contributed by atoms with Crippen molar-refractivity contribution in [2.75, 3.05) is 6.61 Å². The second-order valence-electron chi connectivity index (χ2n) is 10.3. The molecule has 0 aromatic rings. The normalized spacial score (nSPS) is 17.8. The maximum atomic E-state index is 12.1. The van der Waals surface area contributed by atoms with Crippen LogP contribution in [0.3, 0.4) is 0 Å². The highest BCUT2D eigenvalue weighted by Gasteiger charge is 2.65. The van der Waals surface area contributed by atoms with Gasteiger partial charge in [0.05, 0.1) is 12.1 Å². The zero-order chi connectivity index (χ0) is 24.2. The summed E-state index contributed by atoms with van der Waals surface area (Å²) in [6, 6.07) is 0. The number of carbonyl (C=O) groups is 1. The third-order valence-electron chi connectivity index (χ3n) is 3.76. The molecule has 0 amide bonds. The Bertz CT molecular complexity index is 541. The molecule has 0 saturated heterocycles. The highest BCUT2D eigenvalue weighted by molar-refractivity contribution is 6.90. The Morgan fingerprint density at radius 1 is 0.967 bits per heavy atom. The molecule has 0 aliphatic heterocycles. The van der Waals surface area contributed by atoms with E-state index in [1.807, 2.05) is 58.9 Å². The monoisotopic (exact) mass is 498 g/mol. The van der Waals surface area contributed by atoms with Gasteiger partial charge in [0.15, 0.2) is 25.0 Å². The van der Waals surface area contributed by atoms with E-state index in [1.54, 1.807) is 6.92 Å². The Morgan fingerprint density at radius 3 is 1.57 bits per heavy atom. The Hall–Kier alpha value is -0.162. The number of hydrogen-bond acceptors (Lipinski definition) is 8. The first-order valence-corrected chi connectivity index (χ1v) is 22.2. The van der Waals surface area contributed by atoms with Crippen LogP contribution in [0.15, 0.2) is 12.7 Å². The van der Waals surface area contributed by atoms with E-state index in [0.29, 0.717) is 0 Å². The molecule has 3 atom stereocenters. The van der Waals surface area contributed by atoms with Gasteiger partial charge in [-0.05, 0) is 65.3 Å². The van der Waals surface area contributed by atoms with E-state index in [2.05, 4.69) is 6.58 Å². The number of aliphatic hydroxyl groups excluding tert-OH is 2. The molecule has 0 fully saturated rings. The first kappa shape index (κ1) is 29.8. The van der Waals surface area contributed by atoms with Gasteiger partial charge in [-0.1, -0.05) is 13.5 Å². The average molecular weight is 499 g/mol. The van der Waals surface area contributed by atoms with E-state index in [4.69, 9.17) is 17.1 Å². The van der Waals surface area contributed by atoms with Gasteiger partial charge in [0, 0.05) is 6.08 Å². The van der Waals surface area contributed by atoms with Gasteiger partial charge in [0.1, 0.15) is 6.10 Å². The Labute approximate surface area is 186 Å². The zero-order valence-corrected chi connectivity index (χ0v) is 24.2. The minimum atomic E-state index is -3.77. The van der Waals surface area contributed by atoms with Crippen LogP contribution in [0, 0.1) is 0 Å². The molecule has 0 aromatic heterocycles. The van der Waals surface area contributed by atoms with Gasteiger partial charge < -0.3 is 32.4 Å². The van der Waals surface area contributed by atoms with Gasteiger partial charge in [0.2, 0.25) is 5.79 Å². The molecule has 0 aromatic carbocycles. The van der Waals surface area contributed by atoms with E-state index < -0.39 is 63.8 Å². The largest absolute Gasteiger partial charge is 0.479 e. The summed E-state index contributed by atoms with van der Waals surface area (Å²) >= 11 is 0. The summed E-state index contributed by atoms with van der Waals surface area (Å²) in [4.78, 5) is 12.1. The topological polar surface area (TPSA) is 115 Å². The summed E-state index contributed by atoms with van der Waals surface area (Å²) in [6.45, 7) is 22.2. The van der Waals surface area contributed by atoms with Crippen molar-refractivity contribution in [2.45, 2.75) is 89.7 Å². The molecule has 3 N–H and O–H groups in total. The van der Waals surface area contributed by atoms with Crippen LogP contribution in [-0.2, 0) is 21.9 Å². The first-order valence-electron chi connectivity index (χ1n) is 10.2. The summed E-state index contributed by atoms with van der Waals surface area (Å²) in [5.41, 5.74) is -1.01. The first-order chi connectivity index (χ1) is 13.2. The lowest BCUT2D eigenvalue weighted by atomic mass is 10.0. The predicted molar refractivity (Wildman–Crippen MR) is 127 cm³/mol. The van der Waals surface area contributed by atoms with Gasteiger partial charge in [-0.25, -0.2) is 4.79 Å². The fourth-order valence-electron chi connectivity index (χ4n) is 3.06. The van der Waals surface area contributed by atoms with Gasteiger partial charge in [0.25, 0.3) is 0 Å². The lowest BCUT2D eigenvalue weighted by Crippen LogP contribution is -2.69. The number of ether oxygens (including phenoxy) is 1. The molecule has 3 unspecified atom stereocenters. The lowest BCUT2D eigenvalue weighted by Gasteiger charge is -2.50. The Morgan fingerprint density at radius 2 is 1.33 bits per heavy atom. The van der Waals surface area contributed by atoms with E-state index >= 15 is 0 Å². The highest BCUT2D eigenvalue weighted by Crippen LogP contribution is 2.45. The van der Waals surface area contributed by atoms with Gasteiger partial charge >= 0.3 is 14.8 Å². The van der Waals surface area contributed by atoms with Crippen LogP contribution in [0.1, 0.15) is 13.3 Å². The minimum Gasteiger partial charge on any atom is -0.427 e. The standard InChI is InChI=1S/C18H42O8Si4/c1-12-16(18(22,15(20)14-19)23-17(21)13-2)30(24-27(3,4)5,25-28(6,7)8)26-29(9,10)11/h13,15-16,19-20,22H,2,12,14H2,1,3-11H3. The molecule has 30 heavy (non-hydrogen) atoms. The Balaban J connectivity index is 6.96. The van der Waals surface area contributed by atoms with Crippen LogP contribution in [0.2, 0.25) is 64.5 Å². The fourth-order valence-corrected chi connectivity index (χ4v) is 17.9. The molecule has 0 aliphatic carbocycles. The van der Waals surface area contributed by atoms with Gasteiger partial charge in [-0.3, -0.25) is 0 Å². The molecule has 0 rings (SSSR count). The fraction of sp³-hybridized carbons (Fsp3) is 0.833. The molecule has 0 saturated carbocycles. The van der Waals surface area contributed by atoms with Crippen LogP contribution in [-0.4, -0.2) is 73.5 Å². The summed E-state index contributed by atoms with van der Waals surface area (Å²) < 4.78 is 25.1. The SMILES string of the molecule is C=CC(=O)OC(O)(C(O)CO)C(CC)[Si](O[Si](C)(C)C)(O[Si](C)(C)C)O[Si](C)(C)C. The summed E-state index contributed by atoms with van der Waals surface area (Å²) in [6.07, 6.45) is -0.661. The van der Waals surface area contributed by atoms with Gasteiger partial charge in [-0.2, -0.15) is 0 Å². The maximum Gasteiger partial charge on any atom is 0.479 e. The van der Waals surface area contributed by atoms with E-state index in [-0.39, 0.29) is 6.42 Å². The number of carbonyl (C=O) groups excluding carboxylic acids is 1.